The number of hydrogen-bond donors (Lipinski definition) is 6. The fourth-order valence-corrected chi connectivity index (χ4v) is 4.08. The van der Waals surface area contributed by atoms with Gasteiger partial charge in [0.05, 0.1) is 53.8 Å². The average Bonchev–Trinajstić information content (AvgIpc) is 2.99. The van der Waals surface area contributed by atoms with Crippen molar-refractivity contribution in [3.05, 3.63) is 120 Å². The number of nitrogens with zero attached hydrogens (tertiary/aromatic N) is 6. The summed E-state index contributed by atoms with van der Waals surface area (Å²) in [5.74, 6) is -1.01. The second-order valence-electron chi connectivity index (χ2n) is 8.33. The van der Waals surface area contributed by atoms with Crippen LogP contribution in [-0.2, 0) is 11.5 Å². The molecule has 0 bridgehead atoms. The Labute approximate surface area is 273 Å². The monoisotopic (exact) mass is 712 g/mol. The number of rotatable bonds is 10. The Morgan fingerprint density at radius 1 is 0.562 bits per heavy atom. The SMILES string of the molecule is N=C(N)SCc1cccc(CSC(=N)N)c1.O=[N+]([O-])c1cc([N+](=O)[O-])c(O)c([N+](=O)[O-])c1.O=[N+]([O-])c1cc([N+](=O)[O-])c(O)c([N+](=O)[O-])c1. The lowest BCUT2D eigenvalue weighted by Gasteiger charge is -2.04. The minimum atomic E-state index is -1.21. The molecule has 0 aromatic heterocycles. The van der Waals surface area contributed by atoms with E-state index in [0.29, 0.717) is 35.8 Å². The summed E-state index contributed by atoms with van der Waals surface area (Å²) in [4.78, 5) is 55.5. The number of thioether (sulfide) groups is 2. The lowest BCUT2D eigenvalue weighted by atomic mass is 10.2. The summed E-state index contributed by atoms with van der Waals surface area (Å²) >= 11 is 2.61. The van der Waals surface area contributed by atoms with Crippen LogP contribution in [0.4, 0.5) is 34.1 Å². The van der Waals surface area contributed by atoms with E-state index in [4.69, 9.17) is 32.5 Å². The molecule has 0 aliphatic carbocycles. The second-order valence-corrected chi connectivity index (χ2v) is 10.4. The third-order valence-electron chi connectivity index (χ3n) is 5.10. The highest BCUT2D eigenvalue weighted by molar-refractivity contribution is 8.13. The van der Waals surface area contributed by atoms with Gasteiger partial charge in [-0.15, -0.1) is 0 Å². The standard InChI is InChI=1S/C10H14N4S2.2C6H3N3O7/c11-9(12)15-5-7-2-1-3-8(4-7)6-16-10(13)14;2*10-6-4(8(13)14)1-3(7(11)12)2-5(6)9(15)16/h1-4H,5-6H2,(H3,11,12)(H3,13,14);2*1-2,10H. The Balaban J connectivity index is 0.000000360. The first-order chi connectivity index (χ1) is 22.3. The van der Waals surface area contributed by atoms with Crippen molar-refractivity contribution in [2.45, 2.75) is 11.5 Å². The van der Waals surface area contributed by atoms with E-state index in [1.54, 1.807) is 0 Å². The summed E-state index contributed by atoms with van der Waals surface area (Å²) in [5, 5.41) is 94.9. The molecule has 0 saturated carbocycles. The van der Waals surface area contributed by atoms with E-state index < -0.39 is 75.2 Å². The number of nitrogens with one attached hydrogen (secondary N) is 2. The van der Waals surface area contributed by atoms with Gasteiger partial charge in [-0.2, -0.15) is 0 Å². The first kappa shape index (κ1) is 39.3. The molecule has 0 fully saturated rings. The van der Waals surface area contributed by atoms with Crippen LogP contribution in [0.5, 0.6) is 11.5 Å². The molecule has 0 aliphatic rings. The van der Waals surface area contributed by atoms with E-state index in [1.165, 1.54) is 23.5 Å². The van der Waals surface area contributed by atoms with Crippen LogP contribution in [0.25, 0.3) is 0 Å². The van der Waals surface area contributed by atoms with Crippen molar-refractivity contribution in [3.63, 3.8) is 0 Å². The molecule has 0 radical (unpaired) electrons. The predicted octanol–water partition coefficient (Wildman–Crippen LogP) is 4.17. The number of non-ortho nitro benzene ring substituents is 2. The summed E-state index contributed by atoms with van der Waals surface area (Å²) in [5.41, 5.74) is 6.80. The molecule has 3 rings (SSSR count). The molecular weight excluding hydrogens is 692 g/mol. The van der Waals surface area contributed by atoms with Gasteiger partial charge in [0.2, 0.25) is 0 Å². The highest BCUT2D eigenvalue weighted by Gasteiger charge is 2.31. The fourth-order valence-electron chi connectivity index (χ4n) is 3.08. The zero-order valence-electron chi connectivity index (χ0n) is 23.5. The third kappa shape index (κ3) is 12.0. The molecule has 3 aromatic rings. The Morgan fingerprint density at radius 3 is 1.04 bits per heavy atom. The van der Waals surface area contributed by atoms with Gasteiger partial charge in [0, 0.05) is 11.5 Å². The van der Waals surface area contributed by atoms with Gasteiger partial charge in [0.1, 0.15) is 0 Å². The van der Waals surface area contributed by atoms with Crippen molar-refractivity contribution in [3.8, 4) is 11.5 Å². The molecule has 0 amide bonds. The van der Waals surface area contributed by atoms with E-state index in [-0.39, 0.29) is 10.3 Å². The Hall–Kier alpha value is -6.70. The van der Waals surface area contributed by atoms with Gasteiger partial charge in [-0.3, -0.25) is 71.5 Å². The number of nitro groups is 6. The number of benzene rings is 3. The molecule has 24 nitrogen and oxygen atoms in total. The van der Waals surface area contributed by atoms with Crippen LogP contribution in [0.1, 0.15) is 11.1 Å². The first-order valence-electron chi connectivity index (χ1n) is 11.9. The molecule has 3 aromatic carbocycles. The number of phenols is 2. The molecule has 254 valence electrons. The zero-order chi connectivity index (χ0) is 36.9. The Morgan fingerprint density at radius 2 is 0.833 bits per heavy atom. The number of nitro benzene ring substituents is 6. The van der Waals surface area contributed by atoms with E-state index in [9.17, 15) is 60.7 Å². The summed E-state index contributed by atoms with van der Waals surface area (Å²) in [6, 6.07) is 9.79. The minimum Gasteiger partial charge on any atom is -0.497 e. The summed E-state index contributed by atoms with van der Waals surface area (Å²) in [7, 11) is 0. The van der Waals surface area contributed by atoms with Crippen LogP contribution in [0.3, 0.4) is 0 Å². The summed E-state index contributed by atoms with van der Waals surface area (Å²) in [6.07, 6.45) is 0. The maximum absolute atomic E-state index is 10.4. The molecule has 48 heavy (non-hydrogen) atoms. The minimum absolute atomic E-state index is 0.128. The number of phenolic OH excluding ortho intramolecular Hbond substituents is 2. The fraction of sp³-hybridized carbons (Fsp3) is 0.0909. The van der Waals surface area contributed by atoms with Crippen molar-refractivity contribution in [2.24, 2.45) is 11.5 Å². The second kappa shape index (κ2) is 17.7. The van der Waals surface area contributed by atoms with Crippen LogP contribution in [0.2, 0.25) is 0 Å². The predicted molar refractivity (Wildman–Crippen MR) is 169 cm³/mol. The average molecular weight is 713 g/mol. The van der Waals surface area contributed by atoms with Crippen molar-refractivity contribution in [2.75, 3.05) is 0 Å². The Bertz CT molecular complexity index is 1610. The number of hydrogen-bond acceptors (Lipinski definition) is 18. The Kier molecular flexibility index (Phi) is 14.5. The van der Waals surface area contributed by atoms with Crippen LogP contribution in [0.15, 0.2) is 48.5 Å². The van der Waals surface area contributed by atoms with Crippen LogP contribution < -0.4 is 11.5 Å². The maximum Gasteiger partial charge on any atom is 0.324 e. The van der Waals surface area contributed by atoms with Crippen LogP contribution >= 0.6 is 23.5 Å². The van der Waals surface area contributed by atoms with Gasteiger partial charge in [-0.25, -0.2) is 0 Å². The van der Waals surface area contributed by atoms with Gasteiger partial charge >= 0.3 is 22.7 Å². The van der Waals surface area contributed by atoms with Crippen molar-refractivity contribution in [1.29, 1.82) is 10.8 Å². The van der Waals surface area contributed by atoms with Crippen LogP contribution in [0, 0.1) is 71.5 Å². The molecule has 0 aliphatic heterocycles. The van der Waals surface area contributed by atoms with E-state index in [0.717, 1.165) is 11.1 Å². The van der Waals surface area contributed by atoms with Crippen molar-refractivity contribution >= 4 is 68.0 Å². The van der Waals surface area contributed by atoms with Gasteiger partial charge in [-0.05, 0) is 11.1 Å². The zero-order valence-corrected chi connectivity index (χ0v) is 25.1. The quantitative estimate of drug-likeness (QED) is 0.0742. The normalized spacial score (nSPS) is 9.83. The molecule has 0 spiro atoms. The highest BCUT2D eigenvalue weighted by Crippen LogP contribution is 2.40. The molecule has 0 atom stereocenters. The van der Waals surface area contributed by atoms with E-state index in [2.05, 4.69) is 0 Å². The van der Waals surface area contributed by atoms with Gasteiger partial charge < -0.3 is 21.7 Å². The van der Waals surface area contributed by atoms with Gasteiger partial charge in [0.15, 0.2) is 10.3 Å². The lowest BCUT2D eigenvalue weighted by molar-refractivity contribution is -0.404. The van der Waals surface area contributed by atoms with Crippen molar-refractivity contribution in [1.82, 2.24) is 0 Å². The first-order valence-corrected chi connectivity index (χ1v) is 13.9. The molecule has 8 N–H and O–H groups in total. The van der Waals surface area contributed by atoms with Gasteiger partial charge in [0.25, 0.3) is 22.9 Å². The highest BCUT2D eigenvalue weighted by atomic mass is 32.2. The molecular formula is C22H20N10O14S2. The van der Waals surface area contributed by atoms with E-state index >= 15 is 0 Å². The number of nitrogens with two attached hydrogens (primary N) is 2. The maximum atomic E-state index is 10.4. The smallest absolute Gasteiger partial charge is 0.324 e. The lowest BCUT2D eigenvalue weighted by Crippen LogP contribution is -2.04. The van der Waals surface area contributed by atoms with Gasteiger partial charge in [-0.1, -0.05) is 47.8 Å². The molecule has 26 heteroatoms. The number of amidine groups is 2. The number of aromatic hydroxyl groups is 2. The topological polar surface area (TPSA) is 399 Å². The van der Waals surface area contributed by atoms with Crippen molar-refractivity contribution < 1.29 is 39.8 Å². The largest absolute Gasteiger partial charge is 0.497 e. The van der Waals surface area contributed by atoms with E-state index in [1.807, 2.05) is 24.3 Å². The summed E-state index contributed by atoms with van der Waals surface area (Å²) in [6.45, 7) is 0. The molecule has 0 heterocycles. The molecule has 0 unspecified atom stereocenters. The third-order valence-corrected chi connectivity index (χ3v) is 6.67. The molecule has 0 saturated heterocycles. The summed E-state index contributed by atoms with van der Waals surface area (Å²) < 4.78 is 0. The van der Waals surface area contributed by atoms with Crippen LogP contribution in [-0.4, -0.2) is 50.1 Å².